The average molecular weight is 488 g/mol. The zero-order chi connectivity index (χ0) is 25.0. The third-order valence-electron chi connectivity index (χ3n) is 7.06. The van der Waals surface area contributed by atoms with Gasteiger partial charge in [0.2, 0.25) is 6.41 Å². The first-order chi connectivity index (χ1) is 17.3. The van der Waals surface area contributed by atoms with E-state index in [1.165, 1.54) is 6.33 Å². The van der Waals surface area contributed by atoms with Crippen molar-refractivity contribution in [2.24, 2.45) is 0 Å². The van der Waals surface area contributed by atoms with Crippen molar-refractivity contribution in [1.82, 2.24) is 40.0 Å². The highest BCUT2D eigenvalue weighted by Gasteiger charge is 2.36. The lowest BCUT2D eigenvalue weighted by molar-refractivity contribution is -0.119. The Morgan fingerprint density at radius 1 is 1.03 bits per heavy atom. The molecule has 2 aliphatic rings. The molecule has 11 heteroatoms. The Kier molecular flexibility index (Phi) is 5.24. The molecule has 5 heterocycles. The van der Waals surface area contributed by atoms with Crippen molar-refractivity contribution >= 4 is 23.3 Å². The topological polar surface area (TPSA) is 142 Å². The number of nitrogen functional groups attached to an aromatic ring is 1. The molecular weight excluding hydrogens is 458 g/mol. The van der Waals surface area contributed by atoms with Crippen LogP contribution in [0.15, 0.2) is 23.0 Å². The van der Waals surface area contributed by atoms with E-state index in [-0.39, 0.29) is 11.5 Å². The van der Waals surface area contributed by atoms with E-state index in [0.717, 1.165) is 62.2 Å². The first-order valence-electron chi connectivity index (χ1n) is 12.4. The molecule has 0 spiro atoms. The Hall–Kier alpha value is -3.89. The van der Waals surface area contributed by atoms with Crippen LogP contribution in [0.3, 0.4) is 0 Å². The van der Waals surface area contributed by atoms with Gasteiger partial charge in [-0.15, -0.1) is 0 Å². The second-order valence-corrected chi connectivity index (χ2v) is 10.7. The van der Waals surface area contributed by atoms with Crippen molar-refractivity contribution in [2.45, 2.75) is 63.8 Å². The van der Waals surface area contributed by atoms with Gasteiger partial charge in [-0.1, -0.05) is 5.16 Å². The molecule has 1 amide bonds. The van der Waals surface area contributed by atoms with Crippen molar-refractivity contribution in [3.63, 3.8) is 0 Å². The molecule has 4 aromatic rings. The normalized spacial score (nSPS) is 17.1. The van der Waals surface area contributed by atoms with Crippen molar-refractivity contribution in [1.29, 1.82) is 0 Å². The van der Waals surface area contributed by atoms with Crippen LogP contribution in [0, 0.1) is 0 Å². The smallest absolute Gasteiger partial charge is 0.209 e. The summed E-state index contributed by atoms with van der Waals surface area (Å²) in [5.74, 6) is 1.74. The SMILES string of the molecule is CC(C)(C)n1nc(-c2noc(C3CC3)c2-c2ccc(C3CCN(C=O)CC3)nn2)c2c(N)ncnc21. The number of hydrogen-bond donors (Lipinski definition) is 1. The monoisotopic (exact) mass is 487 g/mol. The van der Waals surface area contributed by atoms with Crippen molar-refractivity contribution in [2.75, 3.05) is 18.8 Å². The standard InChI is InChI=1S/C25H29N9O2/c1-25(2,3)34-24-19(23(26)27-12-28-24)20(31-34)21-18(22(36-32-21)15-4-5-15)17-7-6-16(29-30-17)14-8-10-33(13-35)11-9-14/h6-7,12-15H,4-5,8-11H2,1-3H3,(H2,26,27,28). The number of rotatable bonds is 5. The van der Waals surface area contributed by atoms with Crippen LogP contribution in [0.1, 0.15) is 69.7 Å². The lowest BCUT2D eigenvalue weighted by Gasteiger charge is -2.28. The summed E-state index contributed by atoms with van der Waals surface area (Å²) in [6.07, 6.45) is 6.23. The number of hydrogen-bond acceptors (Lipinski definition) is 9. The zero-order valence-corrected chi connectivity index (χ0v) is 20.7. The van der Waals surface area contributed by atoms with E-state index in [1.54, 1.807) is 4.90 Å². The Bertz CT molecular complexity index is 1420. The highest BCUT2D eigenvalue weighted by atomic mass is 16.5. The Morgan fingerprint density at radius 2 is 1.81 bits per heavy atom. The number of carbonyl (C=O) groups is 1. The van der Waals surface area contributed by atoms with E-state index in [4.69, 9.17) is 15.4 Å². The zero-order valence-electron chi connectivity index (χ0n) is 20.7. The van der Waals surface area contributed by atoms with Gasteiger partial charge in [0, 0.05) is 24.9 Å². The number of nitrogens with two attached hydrogens (primary N) is 1. The van der Waals surface area contributed by atoms with Crippen LogP contribution in [-0.4, -0.2) is 59.5 Å². The molecule has 11 nitrogen and oxygen atoms in total. The fraction of sp³-hybridized carbons (Fsp3) is 0.480. The summed E-state index contributed by atoms with van der Waals surface area (Å²) in [5, 5.41) is 19.2. The van der Waals surface area contributed by atoms with E-state index in [2.05, 4.69) is 46.1 Å². The highest BCUT2D eigenvalue weighted by molar-refractivity contribution is 6.00. The van der Waals surface area contributed by atoms with Gasteiger partial charge in [0.05, 0.1) is 27.9 Å². The first-order valence-corrected chi connectivity index (χ1v) is 12.4. The fourth-order valence-electron chi connectivity index (χ4n) is 4.94. The van der Waals surface area contributed by atoms with E-state index < -0.39 is 0 Å². The van der Waals surface area contributed by atoms with Crippen LogP contribution in [0.4, 0.5) is 5.82 Å². The fourth-order valence-corrected chi connectivity index (χ4v) is 4.94. The third-order valence-corrected chi connectivity index (χ3v) is 7.06. The predicted molar refractivity (Wildman–Crippen MR) is 133 cm³/mol. The van der Waals surface area contributed by atoms with Gasteiger partial charge in [0.25, 0.3) is 0 Å². The lowest BCUT2D eigenvalue weighted by atomic mass is 9.93. The molecule has 4 aromatic heterocycles. The number of aromatic nitrogens is 7. The average Bonchev–Trinajstić information content (AvgIpc) is 3.49. The molecule has 2 N–H and O–H groups in total. The van der Waals surface area contributed by atoms with Crippen LogP contribution < -0.4 is 5.73 Å². The Labute approximate surface area is 208 Å². The van der Waals surface area contributed by atoms with Gasteiger partial charge in [-0.05, 0) is 58.6 Å². The molecule has 1 aliphatic carbocycles. The predicted octanol–water partition coefficient (Wildman–Crippen LogP) is 3.49. The maximum atomic E-state index is 11.0. The molecule has 1 aliphatic heterocycles. The van der Waals surface area contributed by atoms with E-state index in [9.17, 15) is 4.79 Å². The van der Waals surface area contributed by atoms with Gasteiger partial charge >= 0.3 is 0 Å². The van der Waals surface area contributed by atoms with Crippen LogP contribution in [0.25, 0.3) is 33.7 Å². The first kappa shape index (κ1) is 22.6. The van der Waals surface area contributed by atoms with Crippen molar-refractivity contribution in [3.8, 4) is 22.6 Å². The molecule has 0 aromatic carbocycles. The second kappa shape index (κ2) is 8.35. The number of amides is 1. The maximum Gasteiger partial charge on any atom is 0.209 e. The second-order valence-electron chi connectivity index (χ2n) is 10.7. The minimum atomic E-state index is -0.332. The summed E-state index contributed by atoms with van der Waals surface area (Å²) in [6.45, 7) is 7.67. The number of fused-ring (bicyclic) bond motifs is 1. The van der Waals surface area contributed by atoms with E-state index >= 15 is 0 Å². The molecule has 1 saturated carbocycles. The van der Waals surface area contributed by atoms with Crippen molar-refractivity contribution < 1.29 is 9.32 Å². The molecular formula is C25H29N9O2. The number of nitrogens with zero attached hydrogens (tertiary/aromatic N) is 8. The van der Waals surface area contributed by atoms with E-state index in [1.807, 2.05) is 16.8 Å². The summed E-state index contributed by atoms with van der Waals surface area (Å²) in [5.41, 5.74) is 10.2. The summed E-state index contributed by atoms with van der Waals surface area (Å²) < 4.78 is 7.75. The molecule has 6 rings (SSSR count). The summed E-state index contributed by atoms with van der Waals surface area (Å²) in [6, 6.07) is 4.01. The van der Waals surface area contributed by atoms with Gasteiger partial charge in [0.15, 0.2) is 5.65 Å². The van der Waals surface area contributed by atoms with Gasteiger partial charge in [0.1, 0.15) is 29.3 Å². The van der Waals surface area contributed by atoms with Crippen LogP contribution >= 0.6 is 0 Å². The van der Waals surface area contributed by atoms with Crippen molar-refractivity contribution in [3.05, 3.63) is 29.9 Å². The molecule has 0 radical (unpaired) electrons. The Balaban J connectivity index is 1.45. The highest BCUT2D eigenvalue weighted by Crippen LogP contribution is 2.48. The molecule has 36 heavy (non-hydrogen) atoms. The van der Waals surface area contributed by atoms with Crippen LogP contribution in [0.5, 0.6) is 0 Å². The van der Waals surface area contributed by atoms with Crippen LogP contribution in [0.2, 0.25) is 0 Å². The molecule has 0 bridgehead atoms. The summed E-state index contributed by atoms with van der Waals surface area (Å²) >= 11 is 0. The van der Waals surface area contributed by atoms with E-state index in [0.29, 0.717) is 39.9 Å². The van der Waals surface area contributed by atoms with Gasteiger partial charge in [-0.2, -0.15) is 15.3 Å². The van der Waals surface area contributed by atoms with Gasteiger partial charge in [-0.3, -0.25) is 4.79 Å². The van der Waals surface area contributed by atoms with Gasteiger partial charge < -0.3 is 15.2 Å². The minimum absolute atomic E-state index is 0.288. The summed E-state index contributed by atoms with van der Waals surface area (Å²) in [4.78, 5) is 21.6. The maximum absolute atomic E-state index is 11.0. The molecule has 2 fully saturated rings. The number of likely N-dealkylation sites (tertiary alicyclic amines) is 1. The minimum Gasteiger partial charge on any atom is -0.383 e. The molecule has 0 atom stereocenters. The lowest BCUT2D eigenvalue weighted by Crippen LogP contribution is -2.31. The summed E-state index contributed by atoms with van der Waals surface area (Å²) in [7, 11) is 0. The largest absolute Gasteiger partial charge is 0.383 e. The third kappa shape index (κ3) is 3.78. The van der Waals surface area contributed by atoms with Gasteiger partial charge in [-0.25, -0.2) is 14.6 Å². The molecule has 0 unspecified atom stereocenters. The number of piperidine rings is 1. The molecule has 1 saturated heterocycles. The number of anilines is 1. The number of carbonyl (C=O) groups excluding carboxylic acids is 1. The van der Waals surface area contributed by atoms with Crippen LogP contribution in [-0.2, 0) is 10.3 Å². The Morgan fingerprint density at radius 3 is 2.44 bits per heavy atom. The molecule has 186 valence electrons. The quantitative estimate of drug-likeness (QED) is 0.419.